The molecule has 0 spiro atoms. The summed E-state index contributed by atoms with van der Waals surface area (Å²) in [5.74, 6) is 0.805. The zero-order chi connectivity index (χ0) is 17.1. The Labute approximate surface area is 143 Å². The van der Waals surface area contributed by atoms with Crippen molar-refractivity contribution in [3.05, 3.63) is 53.3 Å². The largest absolute Gasteiger partial charge is 0.497 e. The topological polar surface area (TPSA) is 46.5 Å². The summed E-state index contributed by atoms with van der Waals surface area (Å²) < 4.78 is 7.55. The Kier molecular flexibility index (Phi) is 4.79. The van der Waals surface area contributed by atoms with Crippen LogP contribution in [0.4, 0.5) is 4.79 Å². The van der Waals surface area contributed by atoms with E-state index in [-0.39, 0.29) is 12.1 Å². The molecule has 2 heterocycles. The van der Waals surface area contributed by atoms with Gasteiger partial charge in [0.05, 0.1) is 13.2 Å². The first-order valence-corrected chi connectivity index (χ1v) is 8.47. The predicted octanol–water partition coefficient (Wildman–Crippen LogP) is 3.48. The van der Waals surface area contributed by atoms with Crippen molar-refractivity contribution in [1.29, 1.82) is 0 Å². The highest BCUT2D eigenvalue weighted by atomic mass is 16.5. The number of fused-ring (bicyclic) bond motifs is 1. The SMILES string of the molecule is CC[C@@H]1c2ccc(C)n2CCN1C(=O)NCc1cccc(OC)c1. The van der Waals surface area contributed by atoms with Gasteiger partial charge in [0.1, 0.15) is 5.75 Å². The van der Waals surface area contributed by atoms with Crippen molar-refractivity contribution in [2.75, 3.05) is 13.7 Å². The average molecular weight is 327 g/mol. The van der Waals surface area contributed by atoms with Crippen molar-refractivity contribution in [2.45, 2.75) is 39.4 Å². The van der Waals surface area contributed by atoms with Crippen molar-refractivity contribution < 1.29 is 9.53 Å². The second-order valence-corrected chi connectivity index (χ2v) is 6.18. The predicted molar refractivity (Wildman–Crippen MR) is 94.1 cm³/mol. The summed E-state index contributed by atoms with van der Waals surface area (Å²) in [6.45, 7) is 6.35. The minimum Gasteiger partial charge on any atom is -0.497 e. The molecule has 1 aliphatic rings. The Morgan fingerprint density at radius 2 is 2.12 bits per heavy atom. The number of nitrogens with one attached hydrogen (secondary N) is 1. The van der Waals surface area contributed by atoms with E-state index in [0.29, 0.717) is 6.54 Å². The Hall–Kier alpha value is -2.43. The number of ether oxygens (including phenoxy) is 1. The molecule has 0 fully saturated rings. The Morgan fingerprint density at radius 3 is 2.88 bits per heavy atom. The highest BCUT2D eigenvalue weighted by molar-refractivity contribution is 5.75. The van der Waals surface area contributed by atoms with Crippen molar-refractivity contribution in [3.63, 3.8) is 0 Å². The monoisotopic (exact) mass is 327 g/mol. The zero-order valence-electron chi connectivity index (χ0n) is 14.6. The number of benzene rings is 1. The first kappa shape index (κ1) is 16.4. The maximum absolute atomic E-state index is 12.7. The normalized spacial score (nSPS) is 16.6. The third kappa shape index (κ3) is 3.11. The zero-order valence-corrected chi connectivity index (χ0v) is 14.6. The fourth-order valence-corrected chi connectivity index (χ4v) is 3.44. The molecule has 2 amide bonds. The lowest BCUT2D eigenvalue weighted by Crippen LogP contribution is -2.46. The minimum atomic E-state index is -0.00484. The van der Waals surface area contributed by atoms with Crippen molar-refractivity contribution in [2.24, 2.45) is 0 Å². The van der Waals surface area contributed by atoms with Crippen LogP contribution >= 0.6 is 0 Å². The molecular weight excluding hydrogens is 302 g/mol. The molecule has 1 aromatic carbocycles. The third-order valence-electron chi connectivity index (χ3n) is 4.74. The van der Waals surface area contributed by atoms with Crippen molar-refractivity contribution in [1.82, 2.24) is 14.8 Å². The van der Waals surface area contributed by atoms with Gasteiger partial charge < -0.3 is 19.5 Å². The number of carbonyl (C=O) groups excluding carboxylic acids is 1. The van der Waals surface area contributed by atoms with E-state index < -0.39 is 0 Å². The smallest absolute Gasteiger partial charge is 0.318 e. The van der Waals surface area contributed by atoms with Gasteiger partial charge in [-0.1, -0.05) is 19.1 Å². The van der Waals surface area contributed by atoms with Crippen LogP contribution in [0, 0.1) is 6.92 Å². The molecule has 1 aliphatic heterocycles. The third-order valence-corrected chi connectivity index (χ3v) is 4.74. The van der Waals surface area contributed by atoms with Gasteiger partial charge in [0.15, 0.2) is 0 Å². The second kappa shape index (κ2) is 6.99. The van der Waals surface area contributed by atoms with Gasteiger partial charge in [-0.25, -0.2) is 4.79 Å². The average Bonchev–Trinajstić information content (AvgIpc) is 3.00. The molecule has 0 unspecified atom stereocenters. The second-order valence-electron chi connectivity index (χ2n) is 6.18. The maximum Gasteiger partial charge on any atom is 0.318 e. The van der Waals surface area contributed by atoms with Crippen LogP contribution in [0.15, 0.2) is 36.4 Å². The molecule has 2 aromatic rings. The Bertz CT molecular complexity index is 723. The van der Waals surface area contributed by atoms with Crippen LogP contribution < -0.4 is 10.1 Å². The molecule has 1 N–H and O–H groups in total. The lowest BCUT2D eigenvalue weighted by Gasteiger charge is -2.37. The summed E-state index contributed by atoms with van der Waals surface area (Å²) >= 11 is 0. The molecule has 5 nitrogen and oxygen atoms in total. The molecule has 0 aliphatic carbocycles. The number of aromatic nitrogens is 1. The lowest BCUT2D eigenvalue weighted by molar-refractivity contribution is 0.152. The van der Waals surface area contributed by atoms with Crippen molar-refractivity contribution in [3.8, 4) is 5.75 Å². The van der Waals surface area contributed by atoms with E-state index in [1.54, 1.807) is 7.11 Å². The minimum absolute atomic E-state index is 0.00484. The summed E-state index contributed by atoms with van der Waals surface area (Å²) in [4.78, 5) is 14.6. The summed E-state index contributed by atoms with van der Waals surface area (Å²) in [6, 6.07) is 12.2. The van der Waals surface area contributed by atoms with E-state index >= 15 is 0 Å². The number of methoxy groups -OCH3 is 1. The molecule has 128 valence electrons. The molecule has 24 heavy (non-hydrogen) atoms. The molecule has 3 rings (SSSR count). The molecule has 0 radical (unpaired) electrons. The van der Waals surface area contributed by atoms with Gasteiger partial charge >= 0.3 is 6.03 Å². The summed E-state index contributed by atoms with van der Waals surface area (Å²) in [5.41, 5.74) is 3.53. The summed E-state index contributed by atoms with van der Waals surface area (Å²) in [6.07, 6.45) is 0.913. The molecule has 1 atom stereocenters. The summed E-state index contributed by atoms with van der Waals surface area (Å²) in [5, 5.41) is 3.04. The fourth-order valence-electron chi connectivity index (χ4n) is 3.44. The van der Waals surface area contributed by atoms with Crippen LogP contribution in [-0.2, 0) is 13.1 Å². The maximum atomic E-state index is 12.7. The first-order valence-electron chi connectivity index (χ1n) is 8.47. The fraction of sp³-hybridized carbons (Fsp3) is 0.421. The van der Waals surface area contributed by atoms with E-state index in [2.05, 4.69) is 35.9 Å². The number of carbonyl (C=O) groups is 1. The summed E-state index contributed by atoms with van der Waals surface area (Å²) in [7, 11) is 1.65. The van der Waals surface area contributed by atoms with Gasteiger partial charge in [0, 0.05) is 31.0 Å². The van der Waals surface area contributed by atoms with Crippen LogP contribution in [0.3, 0.4) is 0 Å². The van der Waals surface area contributed by atoms with E-state index in [1.807, 2.05) is 29.2 Å². The van der Waals surface area contributed by atoms with Gasteiger partial charge in [-0.2, -0.15) is 0 Å². The van der Waals surface area contributed by atoms with E-state index in [0.717, 1.165) is 30.8 Å². The van der Waals surface area contributed by atoms with Crippen LogP contribution in [0.1, 0.15) is 36.3 Å². The van der Waals surface area contributed by atoms with Gasteiger partial charge in [-0.05, 0) is 43.2 Å². The lowest BCUT2D eigenvalue weighted by atomic mass is 10.1. The molecule has 0 saturated heterocycles. The van der Waals surface area contributed by atoms with Gasteiger partial charge in [0.25, 0.3) is 0 Å². The van der Waals surface area contributed by atoms with E-state index in [9.17, 15) is 4.79 Å². The molecule has 1 aromatic heterocycles. The van der Waals surface area contributed by atoms with E-state index in [1.165, 1.54) is 11.4 Å². The van der Waals surface area contributed by atoms with Gasteiger partial charge in [-0.3, -0.25) is 0 Å². The number of nitrogens with zero attached hydrogens (tertiary/aromatic N) is 2. The van der Waals surface area contributed by atoms with Crippen LogP contribution in [0.2, 0.25) is 0 Å². The highest BCUT2D eigenvalue weighted by Crippen LogP contribution is 2.30. The number of rotatable bonds is 4. The highest BCUT2D eigenvalue weighted by Gasteiger charge is 2.30. The van der Waals surface area contributed by atoms with Crippen LogP contribution in [-0.4, -0.2) is 29.2 Å². The Morgan fingerprint density at radius 1 is 1.29 bits per heavy atom. The number of aryl methyl sites for hydroxylation is 1. The quantitative estimate of drug-likeness (QED) is 0.934. The standard InChI is InChI=1S/C19H25N3O2/c1-4-17-18-9-8-14(2)21(18)10-11-22(17)19(23)20-13-15-6-5-7-16(12-15)24-3/h5-9,12,17H,4,10-11,13H2,1-3H3,(H,20,23)/t17-/m1/s1. The molecular formula is C19H25N3O2. The van der Waals surface area contributed by atoms with Crippen LogP contribution in [0.25, 0.3) is 0 Å². The first-order chi connectivity index (χ1) is 11.6. The van der Waals surface area contributed by atoms with Crippen molar-refractivity contribution >= 4 is 6.03 Å². The van der Waals surface area contributed by atoms with Crippen LogP contribution in [0.5, 0.6) is 5.75 Å². The number of hydrogen-bond acceptors (Lipinski definition) is 2. The van der Waals surface area contributed by atoms with Gasteiger partial charge in [0.2, 0.25) is 0 Å². The number of amides is 2. The number of urea groups is 1. The molecule has 0 saturated carbocycles. The van der Waals surface area contributed by atoms with Gasteiger partial charge in [-0.15, -0.1) is 0 Å². The molecule has 5 heteroatoms. The molecule has 0 bridgehead atoms. The Balaban J connectivity index is 1.68. The van der Waals surface area contributed by atoms with E-state index in [4.69, 9.17) is 4.74 Å². The number of hydrogen-bond donors (Lipinski definition) is 1.